The first-order valence-corrected chi connectivity index (χ1v) is 11.3. The summed E-state index contributed by atoms with van der Waals surface area (Å²) in [5.74, 6) is 1.19. The van der Waals surface area contributed by atoms with E-state index in [1.807, 2.05) is 4.90 Å². The lowest BCUT2D eigenvalue weighted by Gasteiger charge is -2.34. The number of carbonyl (C=O) groups excluding carboxylic acids is 1. The van der Waals surface area contributed by atoms with Gasteiger partial charge in [0, 0.05) is 51.7 Å². The first kappa shape index (κ1) is 24.9. The van der Waals surface area contributed by atoms with Crippen molar-refractivity contribution in [1.82, 2.24) is 20.4 Å². The van der Waals surface area contributed by atoms with E-state index in [2.05, 4.69) is 53.6 Å². The van der Waals surface area contributed by atoms with Gasteiger partial charge >= 0.3 is 0 Å². The molecule has 1 saturated heterocycles. The van der Waals surface area contributed by atoms with Crippen LogP contribution in [0.1, 0.15) is 50.7 Å². The van der Waals surface area contributed by atoms with Gasteiger partial charge in [0.25, 0.3) is 0 Å². The Morgan fingerprint density at radius 1 is 1.13 bits per heavy atom. The molecule has 0 bridgehead atoms. The van der Waals surface area contributed by atoms with Crippen molar-refractivity contribution in [1.29, 1.82) is 0 Å². The second-order valence-corrected chi connectivity index (χ2v) is 8.04. The third-order valence-electron chi connectivity index (χ3n) is 6.02. The SMILES string of the molecule is CCNC(=NCC(CC)N1CCc2ccccc2C1)NCCCN1CCCC1=O.I. The van der Waals surface area contributed by atoms with E-state index in [9.17, 15) is 4.79 Å². The monoisotopic (exact) mass is 527 g/mol. The number of hydrogen-bond acceptors (Lipinski definition) is 3. The number of guanidine groups is 1. The highest BCUT2D eigenvalue weighted by molar-refractivity contribution is 14.0. The summed E-state index contributed by atoms with van der Waals surface area (Å²) in [6, 6.07) is 9.26. The zero-order chi connectivity index (χ0) is 20.5. The van der Waals surface area contributed by atoms with Crippen LogP contribution in [-0.4, -0.2) is 67.0 Å². The highest BCUT2D eigenvalue weighted by Gasteiger charge is 2.22. The van der Waals surface area contributed by atoms with Crippen molar-refractivity contribution >= 4 is 35.8 Å². The molecule has 7 heteroatoms. The van der Waals surface area contributed by atoms with Gasteiger partial charge in [-0.15, -0.1) is 24.0 Å². The van der Waals surface area contributed by atoms with Crippen LogP contribution in [-0.2, 0) is 17.8 Å². The van der Waals surface area contributed by atoms with Crippen LogP contribution in [0.5, 0.6) is 0 Å². The Morgan fingerprint density at radius 2 is 1.93 bits per heavy atom. The number of nitrogens with one attached hydrogen (secondary N) is 2. The highest BCUT2D eigenvalue weighted by atomic mass is 127. The molecule has 2 aliphatic heterocycles. The molecular weight excluding hydrogens is 489 g/mol. The molecule has 0 spiro atoms. The van der Waals surface area contributed by atoms with Crippen LogP contribution in [0.25, 0.3) is 0 Å². The van der Waals surface area contributed by atoms with Gasteiger partial charge in [-0.1, -0.05) is 31.2 Å². The molecule has 2 heterocycles. The van der Waals surface area contributed by atoms with Gasteiger partial charge in [0.2, 0.25) is 5.91 Å². The Hall–Kier alpha value is -1.35. The summed E-state index contributed by atoms with van der Waals surface area (Å²) >= 11 is 0. The fraction of sp³-hybridized carbons (Fsp3) is 0.652. The summed E-state index contributed by atoms with van der Waals surface area (Å²) in [7, 11) is 0. The molecule has 1 unspecified atom stereocenters. The number of fused-ring (bicyclic) bond motifs is 1. The van der Waals surface area contributed by atoms with Gasteiger partial charge in [0.1, 0.15) is 0 Å². The van der Waals surface area contributed by atoms with Gasteiger partial charge in [0.05, 0.1) is 6.54 Å². The van der Waals surface area contributed by atoms with Gasteiger partial charge in [0.15, 0.2) is 5.96 Å². The zero-order valence-corrected chi connectivity index (χ0v) is 20.9. The van der Waals surface area contributed by atoms with Crippen molar-refractivity contribution in [2.45, 2.75) is 58.5 Å². The number of hydrogen-bond donors (Lipinski definition) is 2. The number of benzene rings is 1. The summed E-state index contributed by atoms with van der Waals surface area (Å²) in [4.78, 5) is 21.1. The molecule has 1 fully saturated rings. The Labute approximate surface area is 198 Å². The first-order chi connectivity index (χ1) is 14.2. The Balaban J connectivity index is 0.00000320. The van der Waals surface area contributed by atoms with Crippen LogP contribution in [0.4, 0.5) is 0 Å². The van der Waals surface area contributed by atoms with E-state index in [4.69, 9.17) is 4.99 Å². The number of amides is 1. The molecule has 1 aromatic rings. The van der Waals surface area contributed by atoms with Crippen LogP contribution < -0.4 is 10.6 Å². The maximum Gasteiger partial charge on any atom is 0.222 e. The molecular formula is C23H38IN5O. The Kier molecular flexibility index (Phi) is 10.9. The van der Waals surface area contributed by atoms with Gasteiger partial charge in [-0.3, -0.25) is 14.7 Å². The molecule has 1 aromatic carbocycles. The number of halogens is 1. The van der Waals surface area contributed by atoms with E-state index in [0.29, 0.717) is 11.9 Å². The minimum absolute atomic E-state index is 0. The van der Waals surface area contributed by atoms with Crippen molar-refractivity contribution in [3.8, 4) is 0 Å². The van der Waals surface area contributed by atoms with Crippen molar-refractivity contribution in [3.63, 3.8) is 0 Å². The molecule has 0 radical (unpaired) electrons. The molecule has 6 nitrogen and oxygen atoms in total. The summed E-state index contributed by atoms with van der Waals surface area (Å²) in [6.45, 7) is 10.7. The lowest BCUT2D eigenvalue weighted by atomic mass is 9.98. The van der Waals surface area contributed by atoms with Gasteiger partial charge in [-0.2, -0.15) is 0 Å². The van der Waals surface area contributed by atoms with E-state index < -0.39 is 0 Å². The third kappa shape index (κ3) is 7.11. The van der Waals surface area contributed by atoms with Gasteiger partial charge < -0.3 is 15.5 Å². The number of aliphatic imine (C=N–C) groups is 1. The van der Waals surface area contributed by atoms with Crippen LogP contribution in [0.3, 0.4) is 0 Å². The average molecular weight is 527 g/mol. The Morgan fingerprint density at radius 3 is 2.63 bits per heavy atom. The van der Waals surface area contributed by atoms with E-state index in [0.717, 1.165) is 83.9 Å². The van der Waals surface area contributed by atoms with Crippen molar-refractivity contribution in [2.24, 2.45) is 4.99 Å². The molecule has 2 aliphatic rings. The van der Waals surface area contributed by atoms with Gasteiger partial charge in [-0.25, -0.2) is 0 Å². The smallest absolute Gasteiger partial charge is 0.222 e. The normalized spacial score (nSPS) is 18.0. The molecule has 2 N–H and O–H groups in total. The summed E-state index contributed by atoms with van der Waals surface area (Å²) < 4.78 is 0. The fourth-order valence-electron chi connectivity index (χ4n) is 4.29. The summed E-state index contributed by atoms with van der Waals surface area (Å²) in [6.07, 6.45) is 4.91. The number of likely N-dealkylation sites (tertiary alicyclic amines) is 1. The molecule has 3 rings (SSSR count). The lowest BCUT2D eigenvalue weighted by Crippen LogP contribution is -2.43. The molecule has 168 valence electrons. The number of carbonyl (C=O) groups is 1. The van der Waals surface area contributed by atoms with E-state index in [1.54, 1.807) is 0 Å². The molecule has 0 aliphatic carbocycles. The van der Waals surface area contributed by atoms with E-state index in [-0.39, 0.29) is 24.0 Å². The second kappa shape index (κ2) is 13.1. The minimum Gasteiger partial charge on any atom is -0.357 e. The highest BCUT2D eigenvalue weighted by Crippen LogP contribution is 2.21. The van der Waals surface area contributed by atoms with Crippen LogP contribution in [0.2, 0.25) is 0 Å². The second-order valence-electron chi connectivity index (χ2n) is 8.04. The largest absolute Gasteiger partial charge is 0.357 e. The van der Waals surface area contributed by atoms with Crippen LogP contribution in [0.15, 0.2) is 29.3 Å². The van der Waals surface area contributed by atoms with Gasteiger partial charge in [-0.05, 0) is 43.7 Å². The predicted octanol–water partition coefficient (Wildman–Crippen LogP) is 3.01. The van der Waals surface area contributed by atoms with Crippen molar-refractivity contribution in [3.05, 3.63) is 35.4 Å². The fourth-order valence-corrected chi connectivity index (χ4v) is 4.29. The molecule has 1 atom stereocenters. The predicted molar refractivity (Wildman–Crippen MR) is 134 cm³/mol. The maximum atomic E-state index is 11.7. The minimum atomic E-state index is 0. The average Bonchev–Trinajstić information content (AvgIpc) is 3.16. The Bertz CT molecular complexity index is 696. The van der Waals surface area contributed by atoms with E-state index in [1.165, 1.54) is 11.1 Å². The van der Waals surface area contributed by atoms with Crippen LogP contribution >= 0.6 is 24.0 Å². The topological polar surface area (TPSA) is 60.0 Å². The first-order valence-electron chi connectivity index (χ1n) is 11.3. The molecule has 0 saturated carbocycles. The standard InChI is InChI=1S/C23H37N5O.HI/c1-3-21(28-16-12-19-9-5-6-10-20(19)18-28)17-26-23(24-4-2)25-13-8-15-27-14-7-11-22(27)29;/h5-6,9-10,21H,3-4,7-8,11-18H2,1-2H3,(H2,24,25,26);1H. The quantitative estimate of drug-likeness (QED) is 0.225. The third-order valence-corrected chi connectivity index (χ3v) is 6.02. The summed E-state index contributed by atoms with van der Waals surface area (Å²) in [5.41, 5.74) is 2.95. The lowest BCUT2D eigenvalue weighted by molar-refractivity contribution is -0.127. The van der Waals surface area contributed by atoms with Crippen molar-refractivity contribution < 1.29 is 4.79 Å². The number of rotatable bonds is 9. The molecule has 30 heavy (non-hydrogen) atoms. The maximum absolute atomic E-state index is 11.7. The zero-order valence-electron chi connectivity index (χ0n) is 18.5. The molecule has 0 aromatic heterocycles. The van der Waals surface area contributed by atoms with Crippen LogP contribution in [0, 0.1) is 0 Å². The van der Waals surface area contributed by atoms with E-state index >= 15 is 0 Å². The summed E-state index contributed by atoms with van der Waals surface area (Å²) in [5, 5.41) is 6.80. The number of nitrogens with zero attached hydrogens (tertiary/aromatic N) is 3. The molecule has 1 amide bonds. The van der Waals surface area contributed by atoms with Crippen molar-refractivity contribution in [2.75, 3.05) is 39.3 Å².